The van der Waals surface area contributed by atoms with Gasteiger partial charge in [0.25, 0.3) is 5.91 Å². The van der Waals surface area contributed by atoms with Gasteiger partial charge in [0, 0.05) is 24.8 Å². The number of nitrogen functional groups attached to an aromatic ring is 1. The largest absolute Gasteiger partial charge is 0.397 e. The lowest BCUT2D eigenvalue weighted by atomic mass is 10.2. The molecule has 1 aromatic heterocycles. The van der Waals surface area contributed by atoms with Gasteiger partial charge in [-0.25, -0.2) is 0 Å². The van der Waals surface area contributed by atoms with E-state index in [-0.39, 0.29) is 18.0 Å². The summed E-state index contributed by atoms with van der Waals surface area (Å²) in [5.41, 5.74) is 7.22. The molecule has 1 aliphatic rings. The molecule has 1 heterocycles. The van der Waals surface area contributed by atoms with Crippen LogP contribution in [0.2, 0.25) is 0 Å². The second kappa shape index (κ2) is 5.27. The van der Waals surface area contributed by atoms with Crippen LogP contribution in [0.15, 0.2) is 12.3 Å². The highest BCUT2D eigenvalue weighted by molar-refractivity contribution is 5.94. The van der Waals surface area contributed by atoms with Crippen LogP contribution in [-0.4, -0.2) is 28.0 Å². The van der Waals surface area contributed by atoms with Gasteiger partial charge in [-0.05, 0) is 52.5 Å². The van der Waals surface area contributed by atoms with Gasteiger partial charge in [-0.15, -0.1) is 0 Å². The summed E-state index contributed by atoms with van der Waals surface area (Å²) in [5.74, 6) is 0.804. The maximum absolute atomic E-state index is 12.7. The lowest BCUT2D eigenvalue weighted by molar-refractivity contribution is 0.0683. The van der Waals surface area contributed by atoms with Crippen LogP contribution in [0, 0.1) is 5.92 Å². The Bertz CT molecular complexity index is 458. The van der Waals surface area contributed by atoms with Crippen molar-refractivity contribution in [1.29, 1.82) is 0 Å². The number of hydrogen-bond donors (Lipinski definition) is 1. The predicted octanol–water partition coefficient (Wildman–Crippen LogP) is 2.91. The highest BCUT2D eigenvalue weighted by Crippen LogP contribution is 2.31. The Hall–Kier alpha value is -1.45. The van der Waals surface area contributed by atoms with E-state index in [1.165, 1.54) is 12.8 Å². The molecule has 1 aliphatic carbocycles. The third kappa shape index (κ3) is 3.11. The van der Waals surface area contributed by atoms with Gasteiger partial charge in [0.2, 0.25) is 0 Å². The predicted molar refractivity (Wildman–Crippen MR) is 78.1 cm³/mol. The van der Waals surface area contributed by atoms with Gasteiger partial charge in [-0.2, -0.15) is 0 Å². The molecule has 0 atom stereocenters. The van der Waals surface area contributed by atoms with E-state index < -0.39 is 0 Å². The van der Waals surface area contributed by atoms with Crippen molar-refractivity contribution < 1.29 is 4.79 Å². The summed E-state index contributed by atoms with van der Waals surface area (Å²) in [5, 5.41) is 0. The van der Waals surface area contributed by atoms with E-state index >= 15 is 0 Å². The van der Waals surface area contributed by atoms with Gasteiger partial charge < -0.3 is 15.2 Å². The molecule has 2 N–H and O–H groups in total. The minimum Gasteiger partial charge on any atom is -0.397 e. The number of anilines is 1. The molecule has 4 heteroatoms. The van der Waals surface area contributed by atoms with Crippen molar-refractivity contribution in [3.8, 4) is 0 Å². The molecule has 0 spiro atoms. The summed E-state index contributed by atoms with van der Waals surface area (Å²) in [7, 11) is 0. The first-order chi connectivity index (χ1) is 8.90. The Balaban J connectivity index is 2.24. The van der Waals surface area contributed by atoms with Crippen LogP contribution < -0.4 is 5.73 Å². The van der Waals surface area contributed by atoms with E-state index in [1.807, 2.05) is 15.7 Å². The molecule has 1 aromatic rings. The summed E-state index contributed by atoms with van der Waals surface area (Å²) >= 11 is 0. The zero-order valence-electron chi connectivity index (χ0n) is 12.4. The minimum absolute atomic E-state index is 0.104. The van der Waals surface area contributed by atoms with Crippen LogP contribution in [0.4, 0.5) is 5.69 Å². The molecule has 1 saturated carbocycles. The molecule has 0 saturated heterocycles. The fourth-order valence-electron chi connectivity index (χ4n) is 2.35. The molecule has 19 heavy (non-hydrogen) atoms. The highest BCUT2D eigenvalue weighted by Gasteiger charge is 2.30. The maximum Gasteiger partial charge on any atom is 0.270 e. The standard InChI is InChI=1S/C15H25N3O/c1-10(2)17-9-13(16)7-14(17)15(19)18(11(3)4)8-12-5-6-12/h7,9-12H,5-6,8,16H2,1-4H3. The van der Waals surface area contributed by atoms with Gasteiger partial charge in [0.15, 0.2) is 0 Å². The van der Waals surface area contributed by atoms with Crippen LogP contribution in [-0.2, 0) is 0 Å². The first-order valence-corrected chi connectivity index (χ1v) is 7.18. The van der Waals surface area contributed by atoms with E-state index in [0.29, 0.717) is 17.3 Å². The van der Waals surface area contributed by atoms with E-state index in [4.69, 9.17) is 5.73 Å². The molecule has 2 rings (SSSR count). The Morgan fingerprint density at radius 1 is 1.42 bits per heavy atom. The summed E-state index contributed by atoms with van der Waals surface area (Å²) in [6.07, 6.45) is 4.36. The molecule has 1 fully saturated rings. The van der Waals surface area contributed by atoms with Gasteiger partial charge in [0.1, 0.15) is 5.69 Å². The molecule has 0 aliphatic heterocycles. The molecular weight excluding hydrogens is 238 g/mol. The van der Waals surface area contributed by atoms with Crippen molar-refractivity contribution in [1.82, 2.24) is 9.47 Å². The number of rotatable bonds is 5. The Morgan fingerprint density at radius 2 is 2.05 bits per heavy atom. The Labute approximate surface area is 115 Å². The number of amides is 1. The fourth-order valence-corrected chi connectivity index (χ4v) is 2.35. The number of hydrogen-bond acceptors (Lipinski definition) is 2. The first kappa shape index (κ1) is 14.0. The normalized spacial score (nSPS) is 15.3. The van der Waals surface area contributed by atoms with Crippen LogP contribution >= 0.6 is 0 Å². The first-order valence-electron chi connectivity index (χ1n) is 7.18. The lowest BCUT2D eigenvalue weighted by Gasteiger charge is -2.27. The fraction of sp³-hybridized carbons (Fsp3) is 0.667. The second-order valence-corrected chi connectivity index (χ2v) is 6.15. The van der Waals surface area contributed by atoms with Crippen LogP contribution in [0.25, 0.3) is 0 Å². The van der Waals surface area contributed by atoms with Crippen LogP contribution in [0.3, 0.4) is 0 Å². The Kier molecular flexibility index (Phi) is 3.88. The van der Waals surface area contributed by atoms with Crippen molar-refractivity contribution in [3.05, 3.63) is 18.0 Å². The SMILES string of the molecule is CC(C)N(CC1CC1)C(=O)c1cc(N)cn1C(C)C. The molecule has 106 valence electrons. The maximum atomic E-state index is 12.7. The van der Waals surface area contributed by atoms with Crippen molar-refractivity contribution in [3.63, 3.8) is 0 Å². The minimum atomic E-state index is 0.104. The summed E-state index contributed by atoms with van der Waals surface area (Å²) in [4.78, 5) is 14.7. The van der Waals surface area contributed by atoms with E-state index in [2.05, 4.69) is 27.7 Å². The zero-order valence-corrected chi connectivity index (χ0v) is 12.4. The summed E-state index contributed by atoms with van der Waals surface area (Å²) in [6.45, 7) is 9.16. The second-order valence-electron chi connectivity index (χ2n) is 6.15. The van der Waals surface area contributed by atoms with Crippen molar-refractivity contribution in [2.45, 2.75) is 52.6 Å². The lowest BCUT2D eigenvalue weighted by Crippen LogP contribution is -2.39. The molecule has 1 amide bonds. The van der Waals surface area contributed by atoms with Crippen molar-refractivity contribution >= 4 is 11.6 Å². The van der Waals surface area contributed by atoms with Crippen LogP contribution in [0.5, 0.6) is 0 Å². The summed E-state index contributed by atoms with van der Waals surface area (Å²) < 4.78 is 1.97. The summed E-state index contributed by atoms with van der Waals surface area (Å²) in [6, 6.07) is 2.26. The molecule has 4 nitrogen and oxygen atoms in total. The van der Waals surface area contributed by atoms with Crippen molar-refractivity contribution in [2.75, 3.05) is 12.3 Å². The third-order valence-electron chi connectivity index (χ3n) is 3.68. The molecule has 0 bridgehead atoms. The average molecular weight is 263 g/mol. The van der Waals surface area contributed by atoms with E-state index in [9.17, 15) is 4.79 Å². The number of carbonyl (C=O) groups is 1. The van der Waals surface area contributed by atoms with E-state index in [0.717, 1.165) is 6.54 Å². The van der Waals surface area contributed by atoms with Gasteiger partial charge >= 0.3 is 0 Å². The quantitative estimate of drug-likeness (QED) is 0.888. The van der Waals surface area contributed by atoms with Crippen molar-refractivity contribution in [2.24, 2.45) is 5.92 Å². The zero-order chi connectivity index (χ0) is 14.2. The third-order valence-corrected chi connectivity index (χ3v) is 3.68. The molecule has 0 radical (unpaired) electrons. The highest BCUT2D eigenvalue weighted by atomic mass is 16.2. The number of nitrogens with two attached hydrogens (primary N) is 1. The average Bonchev–Trinajstić information content (AvgIpc) is 3.05. The van der Waals surface area contributed by atoms with Gasteiger partial charge in [0.05, 0.1) is 5.69 Å². The number of aromatic nitrogens is 1. The number of nitrogens with zero attached hydrogens (tertiary/aromatic N) is 2. The molecular formula is C15H25N3O. The van der Waals surface area contributed by atoms with Gasteiger partial charge in [-0.3, -0.25) is 4.79 Å². The van der Waals surface area contributed by atoms with Gasteiger partial charge in [-0.1, -0.05) is 0 Å². The van der Waals surface area contributed by atoms with E-state index in [1.54, 1.807) is 6.07 Å². The smallest absolute Gasteiger partial charge is 0.270 e. The van der Waals surface area contributed by atoms with Crippen LogP contribution in [0.1, 0.15) is 57.1 Å². The molecule has 0 unspecified atom stereocenters. The Morgan fingerprint density at radius 3 is 2.53 bits per heavy atom. The number of carbonyl (C=O) groups excluding carboxylic acids is 1. The topological polar surface area (TPSA) is 51.3 Å². The molecule has 0 aromatic carbocycles. The monoisotopic (exact) mass is 263 g/mol.